The number of hydrogen-bond donors (Lipinski definition) is 1. The van der Waals surface area contributed by atoms with Crippen LogP contribution < -0.4 is 9.64 Å². The zero-order chi connectivity index (χ0) is 38.4. The van der Waals surface area contributed by atoms with Gasteiger partial charge in [-0.25, -0.2) is 27.5 Å². The van der Waals surface area contributed by atoms with E-state index >= 15 is 4.39 Å². The average molecular weight is 760 g/mol. The molecule has 4 fully saturated rings. The topological polar surface area (TPSA) is 74.6 Å². The highest BCUT2D eigenvalue weighted by molar-refractivity contribution is 6.90. The van der Waals surface area contributed by atoms with Gasteiger partial charge in [-0.3, -0.25) is 4.90 Å². The number of rotatable bonds is 8. The van der Waals surface area contributed by atoms with Crippen molar-refractivity contribution in [1.82, 2.24) is 19.9 Å². The molecule has 7 nitrogen and oxygen atoms in total. The molecule has 1 saturated carbocycles. The van der Waals surface area contributed by atoms with Gasteiger partial charge in [0.2, 0.25) is 0 Å². The summed E-state index contributed by atoms with van der Waals surface area (Å²) in [5.41, 5.74) is 5.10. The van der Waals surface area contributed by atoms with Crippen molar-refractivity contribution in [2.75, 3.05) is 31.1 Å². The number of benzene rings is 2. The van der Waals surface area contributed by atoms with E-state index in [4.69, 9.17) is 14.7 Å². The third-order valence-corrected chi connectivity index (χ3v) is 19.5. The van der Waals surface area contributed by atoms with Crippen molar-refractivity contribution in [3.8, 4) is 34.5 Å². The van der Waals surface area contributed by atoms with Crippen LogP contribution in [-0.4, -0.2) is 82.4 Å². The summed E-state index contributed by atoms with van der Waals surface area (Å²) in [6, 6.07) is 8.05. The summed E-state index contributed by atoms with van der Waals surface area (Å²) in [5.74, 6) is 0.546. The van der Waals surface area contributed by atoms with Crippen LogP contribution in [0.1, 0.15) is 85.6 Å². The van der Waals surface area contributed by atoms with Crippen LogP contribution >= 0.6 is 0 Å². The third kappa shape index (κ3) is 5.92. The molecule has 1 N–H and O–H groups in total. The van der Waals surface area contributed by atoms with Crippen LogP contribution in [-0.2, 0) is 0 Å². The second kappa shape index (κ2) is 13.1. The Morgan fingerprint density at radius 3 is 2.41 bits per heavy atom. The summed E-state index contributed by atoms with van der Waals surface area (Å²) in [4.78, 5) is 18.6. The van der Waals surface area contributed by atoms with Crippen LogP contribution in [0.3, 0.4) is 0 Å². The van der Waals surface area contributed by atoms with Crippen molar-refractivity contribution in [3.05, 3.63) is 47.9 Å². The van der Waals surface area contributed by atoms with Gasteiger partial charge in [-0.15, -0.1) is 5.54 Å². The van der Waals surface area contributed by atoms with Crippen LogP contribution in [0.5, 0.6) is 11.8 Å². The fraction of sp³-hybridized carbons (Fsp3) is 0.548. The van der Waals surface area contributed by atoms with Gasteiger partial charge in [-0.2, -0.15) is 4.98 Å². The first-order chi connectivity index (χ1) is 25.6. The Balaban J connectivity index is 1.29. The van der Waals surface area contributed by atoms with Crippen molar-refractivity contribution in [2.24, 2.45) is 0 Å². The van der Waals surface area contributed by atoms with Gasteiger partial charge in [0.25, 0.3) is 5.92 Å². The molecule has 1 aliphatic carbocycles. The zero-order valence-corrected chi connectivity index (χ0v) is 32.9. The lowest BCUT2D eigenvalue weighted by Gasteiger charge is -2.61. The van der Waals surface area contributed by atoms with Gasteiger partial charge >= 0.3 is 6.01 Å². The van der Waals surface area contributed by atoms with E-state index in [0.717, 1.165) is 19.4 Å². The highest BCUT2D eigenvalue weighted by atomic mass is 28.3. The molecule has 2 atom stereocenters. The molecule has 2 aromatic carbocycles. The SMILES string of the molecule is CC(C)[Si](C#Cc1c(F)ccc2cc(O)cc(-c3cc4nc(OC[C@@]56CCCN5C[C@H](F)C6)ncc4c(N4CCC45CC(F)(F)C5)n3)c12)(C(C)C)C(C)C. The first-order valence-corrected chi connectivity index (χ1v) is 21.6. The monoisotopic (exact) mass is 759 g/mol. The number of phenolic OH excluding ortho intramolecular Hbond substituents is 1. The van der Waals surface area contributed by atoms with Gasteiger partial charge in [-0.1, -0.05) is 53.5 Å². The molecule has 5 heterocycles. The first-order valence-electron chi connectivity index (χ1n) is 19.4. The molecule has 54 heavy (non-hydrogen) atoms. The molecule has 4 aromatic rings. The van der Waals surface area contributed by atoms with E-state index in [0.29, 0.717) is 81.3 Å². The predicted octanol–water partition coefficient (Wildman–Crippen LogP) is 9.59. The van der Waals surface area contributed by atoms with Crippen LogP contribution in [0.25, 0.3) is 32.9 Å². The van der Waals surface area contributed by atoms with E-state index in [9.17, 15) is 18.3 Å². The quantitative estimate of drug-likeness (QED) is 0.109. The molecule has 0 radical (unpaired) electrons. The second-order valence-electron chi connectivity index (χ2n) is 17.3. The van der Waals surface area contributed by atoms with Crippen molar-refractivity contribution in [2.45, 2.75) is 120 Å². The molecular weight excluding hydrogens is 711 g/mol. The van der Waals surface area contributed by atoms with E-state index < -0.39 is 37.1 Å². The number of pyridine rings is 1. The number of anilines is 1. The Bertz CT molecular complexity index is 2170. The molecule has 2 aromatic heterocycles. The van der Waals surface area contributed by atoms with E-state index in [1.54, 1.807) is 30.5 Å². The Hall–Kier alpha value is -3.95. The molecule has 0 unspecified atom stereocenters. The van der Waals surface area contributed by atoms with Crippen LogP contribution in [0.15, 0.2) is 36.5 Å². The fourth-order valence-corrected chi connectivity index (χ4v) is 15.8. The van der Waals surface area contributed by atoms with Crippen molar-refractivity contribution < 1.29 is 27.4 Å². The lowest BCUT2D eigenvalue weighted by atomic mass is 9.65. The molecule has 3 saturated heterocycles. The third-order valence-electron chi connectivity index (χ3n) is 13.2. The summed E-state index contributed by atoms with van der Waals surface area (Å²) < 4.78 is 65.6. The maximum Gasteiger partial charge on any atom is 0.316 e. The van der Waals surface area contributed by atoms with E-state index in [-0.39, 0.29) is 36.8 Å². The normalized spacial score (nSPS) is 23.3. The van der Waals surface area contributed by atoms with Crippen LogP contribution in [0.4, 0.5) is 23.4 Å². The highest BCUT2D eigenvalue weighted by Crippen LogP contribution is 2.57. The number of halogens is 4. The van der Waals surface area contributed by atoms with Gasteiger partial charge in [0, 0.05) is 49.5 Å². The summed E-state index contributed by atoms with van der Waals surface area (Å²) in [6.07, 6.45) is 3.01. The van der Waals surface area contributed by atoms with Crippen LogP contribution in [0, 0.1) is 17.3 Å². The second-order valence-corrected chi connectivity index (χ2v) is 22.9. The maximum absolute atomic E-state index is 16.1. The Kier molecular flexibility index (Phi) is 8.96. The Morgan fingerprint density at radius 1 is 1.00 bits per heavy atom. The minimum atomic E-state index is -2.75. The molecule has 3 aliphatic heterocycles. The van der Waals surface area contributed by atoms with E-state index in [1.165, 1.54) is 6.07 Å². The number of fused-ring (bicyclic) bond motifs is 3. The number of alkyl halides is 3. The molecule has 8 rings (SSSR count). The summed E-state index contributed by atoms with van der Waals surface area (Å²) >= 11 is 0. The zero-order valence-electron chi connectivity index (χ0n) is 31.9. The van der Waals surface area contributed by atoms with Gasteiger partial charge in [0.05, 0.1) is 33.2 Å². The smallest absolute Gasteiger partial charge is 0.316 e. The number of hydrogen-bond acceptors (Lipinski definition) is 7. The predicted molar refractivity (Wildman–Crippen MR) is 207 cm³/mol. The highest BCUT2D eigenvalue weighted by Gasteiger charge is 2.63. The Labute approximate surface area is 315 Å². The number of aromatic hydroxyl groups is 1. The lowest BCUT2D eigenvalue weighted by Crippen LogP contribution is -2.70. The molecule has 1 spiro atoms. The standard InChI is InChI=1S/C42H49F4N5O2Si/c1-25(2)54(26(3)4,27(5)6)15-10-31-34(44)9-8-28-16-30(52)17-32(37(28)31)35-18-36-33(38(48-35)51-14-12-41(51)22-42(45,46)23-41)20-47-39(49-36)53-24-40-11-7-13-50(40)21-29(43)19-40/h8-9,16-18,20,25-27,29,52H,7,11-14,19,21-24H2,1-6H3/t29-,40+/m1/s1. The molecule has 4 aliphatic rings. The minimum absolute atomic E-state index is 0.0319. The van der Waals surface area contributed by atoms with Crippen molar-refractivity contribution >= 4 is 35.6 Å². The van der Waals surface area contributed by atoms with Gasteiger partial charge < -0.3 is 14.7 Å². The van der Waals surface area contributed by atoms with Crippen molar-refractivity contribution in [1.29, 1.82) is 0 Å². The molecule has 286 valence electrons. The molecule has 12 heteroatoms. The van der Waals surface area contributed by atoms with Gasteiger partial charge in [0.15, 0.2) is 0 Å². The molecule has 0 amide bonds. The van der Waals surface area contributed by atoms with E-state index in [1.807, 2.05) is 4.90 Å². The van der Waals surface area contributed by atoms with Crippen LogP contribution in [0.2, 0.25) is 16.6 Å². The summed E-state index contributed by atoms with van der Waals surface area (Å²) in [6.45, 7) is 15.3. The van der Waals surface area contributed by atoms with Gasteiger partial charge in [-0.05, 0) is 72.1 Å². The fourth-order valence-electron chi connectivity index (χ4n) is 10.6. The molecule has 0 bridgehead atoms. The number of nitrogens with zero attached hydrogens (tertiary/aromatic N) is 5. The lowest BCUT2D eigenvalue weighted by molar-refractivity contribution is -0.140. The average Bonchev–Trinajstić information content (AvgIpc) is 3.61. The number of ether oxygens (including phenoxy) is 1. The number of phenols is 1. The number of aromatic nitrogens is 3. The molecular formula is C42H49F4N5O2Si. The van der Waals surface area contributed by atoms with Gasteiger partial charge in [0.1, 0.15) is 38.2 Å². The summed E-state index contributed by atoms with van der Waals surface area (Å²) in [5, 5.41) is 12.7. The first kappa shape index (κ1) is 37.0. The largest absolute Gasteiger partial charge is 0.508 e. The maximum atomic E-state index is 16.1. The Morgan fingerprint density at radius 2 is 1.74 bits per heavy atom. The summed E-state index contributed by atoms with van der Waals surface area (Å²) in [7, 11) is -2.26. The van der Waals surface area contributed by atoms with E-state index in [2.05, 4.69) is 62.9 Å². The van der Waals surface area contributed by atoms with Crippen molar-refractivity contribution in [3.63, 3.8) is 0 Å². The minimum Gasteiger partial charge on any atom is -0.508 e.